The van der Waals surface area contributed by atoms with E-state index >= 15 is 0 Å². The molecule has 5 nitrogen and oxygen atoms in total. The first-order valence-electron chi connectivity index (χ1n) is 13.5. The normalized spacial score (nSPS) is 17.2. The van der Waals surface area contributed by atoms with Crippen LogP contribution in [0.4, 0.5) is 4.39 Å². The monoisotopic (exact) mass is 493 g/mol. The van der Waals surface area contributed by atoms with Crippen LogP contribution in [0.1, 0.15) is 43.0 Å². The van der Waals surface area contributed by atoms with Crippen molar-refractivity contribution in [3.63, 3.8) is 0 Å². The first kappa shape index (κ1) is 22.7. The molecular weight excluding hydrogens is 461 g/mol. The number of aromatic nitrogens is 4. The van der Waals surface area contributed by atoms with E-state index in [0.717, 1.165) is 61.4 Å². The fourth-order valence-electron chi connectivity index (χ4n) is 6.02. The molecule has 3 heterocycles. The Balaban J connectivity index is 1.08. The van der Waals surface area contributed by atoms with E-state index in [2.05, 4.69) is 57.0 Å². The van der Waals surface area contributed by atoms with E-state index in [4.69, 9.17) is 4.98 Å². The molecule has 0 N–H and O–H groups in total. The summed E-state index contributed by atoms with van der Waals surface area (Å²) < 4.78 is 18.8. The van der Waals surface area contributed by atoms with Crippen LogP contribution in [0.5, 0.6) is 0 Å². The van der Waals surface area contributed by atoms with Gasteiger partial charge in [0, 0.05) is 37.0 Å². The highest BCUT2D eigenvalue weighted by molar-refractivity contribution is 5.93. The second-order valence-corrected chi connectivity index (χ2v) is 10.9. The quantitative estimate of drug-likeness (QED) is 0.270. The van der Waals surface area contributed by atoms with E-state index in [1.54, 1.807) is 12.1 Å². The third-order valence-corrected chi connectivity index (χ3v) is 8.23. The van der Waals surface area contributed by atoms with Crippen molar-refractivity contribution in [3.8, 4) is 11.3 Å². The summed E-state index contributed by atoms with van der Waals surface area (Å²) in [6, 6.07) is 22.0. The molecule has 0 bridgehead atoms. The molecule has 0 spiro atoms. The molecule has 5 aromatic rings. The molecule has 0 radical (unpaired) electrons. The summed E-state index contributed by atoms with van der Waals surface area (Å²) in [5.41, 5.74) is 6.01. The summed E-state index contributed by atoms with van der Waals surface area (Å²) in [6.07, 6.45) is 4.99. The minimum Gasteiger partial charge on any atom is -0.327 e. The third kappa shape index (κ3) is 4.23. The number of hydrogen-bond acceptors (Lipinski definition) is 3. The van der Waals surface area contributed by atoms with Gasteiger partial charge in [0.15, 0.2) is 0 Å². The molecule has 2 aromatic heterocycles. The maximum Gasteiger partial charge on any atom is 0.132 e. The highest BCUT2D eigenvalue weighted by Crippen LogP contribution is 2.36. The van der Waals surface area contributed by atoms with Crippen molar-refractivity contribution in [1.82, 2.24) is 24.2 Å². The summed E-state index contributed by atoms with van der Waals surface area (Å²) in [7, 11) is 1.94. The molecule has 37 heavy (non-hydrogen) atoms. The lowest BCUT2D eigenvalue weighted by Crippen LogP contribution is -2.33. The smallest absolute Gasteiger partial charge is 0.132 e. The van der Waals surface area contributed by atoms with E-state index in [9.17, 15) is 4.39 Å². The van der Waals surface area contributed by atoms with E-state index < -0.39 is 0 Å². The van der Waals surface area contributed by atoms with Crippen molar-refractivity contribution in [2.24, 2.45) is 13.0 Å². The number of para-hydroxylation sites is 2. The molecule has 6 heteroatoms. The van der Waals surface area contributed by atoms with Crippen molar-refractivity contribution >= 4 is 21.9 Å². The predicted octanol–water partition coefficient (Wildman–Crippen LogP) is 6.52. The van der Waals surface area contributed by atoms with Crippen molar-refractivity contribution in [2.45, 2.75) is 44.7 Å². The number of likely N-dealkylation sites (tertiary alicyclic amines) is 1. The maximum absolute atomic E-state index is 14.4. The van der Waals surface area contributed by atoms with Crippen LogP contribution in [0, 0.1) is 11.7 Å². The Kier molecular flexibility index (Phi) is 5.58. The summed E-state index contributed by atoms with van der Waals surface area (Å²) in [4.78, 5) is 7.67. The van der Waals surface area contributed by atoms with Gasteiger partial charge in [-0.25, -0.2) is 9.37 Å². The van der Waals surface area contributed by atoms with Crippen LogP contribution >= 0.6 is 0 Å². The van der Waals surface area contributed by atoms with Crippen LogP contribution in [-0.2, 0) is 20.1 Å². The zero-order chi connectivity index (χ0) is 24.9. The first-order chi connectivity index (χ1) is 18.1. The molecule has 7 rings (SSSR count). The van der Waals surface area contributed by atoms with Crippen molar-refractivity contribution in [3.05, 3.63) is 83.9 Å². The number of nitrogens with zero attached hydrogens (tertiary/aromatic N) is 5. The van der Waals surface area contributed by atoms with E-state index in [1.807, 2.05) is 17.8 Å². The van der Waals surface area contributed by atoms with Crippen molar-refractivity contribution < 1.29 is 4.39 Å². The molecule has 0 amide bonds. The number of aryl methyl sites for hydroxylation is 1. The number of rotatable bonds is 6. The Morgan fingerprint density at radius 2 is 1.68 bits per heavy atom. The molecule has 2 aliphatic rings. The molecule has 0 atom stereocenters. The number of benzene rings is 3. The van der Waals surface area contributed by atoms with Crippen molar-refractivity contribution in [2.75, 3.05) is 13.1 Å². The zero-order valence-corrected chi connectivity index (χ0v) is 21.3. The molecule has 1 aliphatic carbocycles. The molecule has 0 unspecified atom stereocenters. The fourth-order valence-corrected chi connectivity index (χ4v) is 6.02. The van der Waals surface area contributed by atoms with E-state index in [1.165, 1.54) is 35.8 Å². The van der Waals surface area contributed by atoms with Gasteiger partial charge in [0.2, 0.25) is 0 Å². The number of imidazole rings is 1. The van der Waals surface area contributed by atoms with Gasteiger partial charge in [-0.05, 0) is 80.6 Å². The number of halogens is 1. The molecule has 1 aliphatic heterocycles. The average Bonchev–Trinajstić information content (AvgIpc) is 3.59. The molecule has 3 aromatic carbocycles. The summed E-state index contributed by atoms with van der Waals surface area (Å²) >= 11 is 0. The summed E-state index contributed by atoms with van der Waals surface area (Å²) in [5.74, 6) is 2.41. The predicted molar refractivity (Wildman–Crippen MR) is 146 cm³/mol. The van der Waals surface area contributed by atoms with Gasteiger partial charge >= 0.3 is 0 Å². The Hall–Kier alpha value is -3.51. The van der Waals surface area contributed by atoms with Gasteiger partial charge < -0.3 is 4.57 Å². The Bertz CT molecular complexity index is 1590. The van der Waals surface area contributed by atoms with Gasteiger partial charge in [-0.3, -0.25) is 9.58 Å². The summed E-state index contributed by atoms with van der Waals surface area (Å²) in [5, 5.41) is 5.65. The molecule has 188 valence electrons. The maximum atomic E-state index is 14.4. The lowest BCUT2D eigenvalue weighted by Gasteiger charge is -2.32. The van der Waals surface area contributed by atoms with Crippen molar-refractivity contribution in [1.29, 1.82) is 0 Å². The topological polar surface area (TPSA) is 38.9 Å². The van der Waals surface area contributed by atoms with Crippen LogP contribution in [0.15, 0.2) is 66.7 Å². The van der Waals surface area contributed by atoms with Gasteiger partial charge in [-0.1, -0.05) is 36.4 Å². The number of hydrogen-bond donors (Lipinski definition) is 0. The fraction of sp³-hybridized carbons (Fsp3) is 0.355. The van der Waals surface area contributed by atoms with Gasteiger partial charge in [-0.2, -0.15) is 5.10 Å². The van der Waals surface area contributed by atoms with Crippen LogP contribution in [0.2, 0.25) is 0 Å². The molecule has 2 fully saturated rings. The molecule has 1 saturated heterocycles. The standard InChI is InChI=1S/C31H32FN5/c1-35-29-18-22(12-13-25(29)30(34-35)24-6-2-3-7-26(24)32)19-36-16-14-23(15-17-36)31-33-27-8-4-5-9-28(27)37(31)20-21-10-11-21/h2-9,12-13,18,21,23H,10-11,14-17,19-20H2,1H3. The van der Waals surface area contributed by atoms with Gasteiger partial charge in [-0.15, -0.1) is 0 Å². The third-order valence-electron chi connectivity index (χ3n) is 8.23. The lowest BCUT2D eigenvalue weighted by molar-refractivity contribution is 0.200. The van der Waals surface area contributed by atoms with Gasteiger partial charge in [0.05, 0.1) is 16.6 Å². The summed E-state index contributed by atoms with van der Waals surface area (Å²) in [6.45, 7) is 4.18. The minimum absolute atomic E-state index is 0.236. The second kappa shape index (κ2) is 9.10. The second-order valence-electron chi connectivity index (χ2n) is 10.9. The Morgan fingerprint density at radius 3 is 2.49 bits per heavy atom. The largest absolute Gasteiger partial charge is 0.327 e. The zero-order valence-electron chi connectivity index (χ0n) is 21.3. The Morgan fingerprint density at radius 1 is 0.892 bits per heavy atom. The SMILES string of the molecule is Cn1nc(-c2ccccc2F)c2ccc(CN3CCC(c4nc5ccccc5n4CC4CC4)CC3)cc21. The van der Waals surface area contributed by atoms with Crippen LogP contribution in [0.3, 0.4) is 0 Å². The van der Waals surface area contributed by atoms with E-state index in [0.29, 0.717) is 17.2 Å². The first-order valence-corrected chi connectivity index (χ1v) is 13.5. The van der Waals surface area contributed by atoms with Crippen LogP contribution in [0.25, 0.3) is 33.2 Å². The minimum atomic E-state index is -0.236. The highest BCUT2D eigenvalue weighted by atomic mass is 19.1. The van der Waals surface area contributed by atoms with Gasteiger partial charge in [0.25, 0.3) is 0 Å². The highest BCUT2D eigenvalue weighted by Gasteiger charge is 2.29. The Labute approximate surface area is 216 Å². The van der Waals surface area contributed by atoms with Crippen LogP contribution in [-0.4, -0.2) is 37.3 Å². The number of fused-ring (bicyclic) bond motifs is 2. The molecular formula is C31H32FN5. The van der Waals surface area contributed by atoms with E-state index in [-0.39, 0.29) is 5.82 Å². The lowest BCUT2D eigenvalue weighted by atomic mass is 9.95. The molecule has 1 saturated carbocycles. The van der Waals surface area contributed by atoms with Gasteiger partial charge in [0.1, 0.15) is 17.3 Å². The average molecular weight is 494 g/mol. The number of piperidine rings is 1. The van der Waals surface area contributed by atoms with Crippen LogP contribution < -0.4 is 0 Å².